The van der Waals surface area contributed by atoms with Crippen molar-refractivity contribution in [3.8, 4) is 0 Å². The van der Waals surface area contributed by atoms with E-state index in [4.69, 9.17) is 22.9 Å². The molecule has 75 heavy (non-hydrogen) atoms. The quantitative estimate of drug-likeness (QED) is 0.0414. The van der Waals surface area contributed by atoms with Gasteiger partial charge in [0.15, 0.2) is 5.96 Å². The van der Waals surface area contributed by atoms with Crippen molar-refractivity contribution in [2.75, 3.05) is 37.7 Å². The Kier molecular flexibility index (Phi) is 21.1. The van der Waals surface area contributed by atoms with Crippen LogP contribution in [-0.2, 0) is 56.0 Å². The molecule has 6 rings (SSSR count). The van der Waals surface area contributed by atoms with Crippen LogP contribution in [0, 0.1) is 5.92 Å². The number of guanidine groups is 1. The second-order valence-electron chi connectivity index (χ2n) is 19.4. The van der Waals surface area contributed by atoms with Crippen LogP contribution < -0.4 is 54.8 Å². The number of carbonyl (C=O) groups is 9. The Hall–Kier alpha value is -6.86. The van der Waals surface area contributed by atoms with Crippen LogP contribution in [0.3, 0.4) is 0 Å². The van der Waals surface area contributed by atoms with E-state index in [1.54, 1.807) is 36.5 Å². The first-order valence-electron chi connectivity index (χ1n) is 25.2. The van der Waals surface area contributed by atoms with Crippen molar-refractivity contribution in [3.63, 3.8) is 0 Å². The number of aliphatic imine (C=N–C) groups is 1. The van der Waals surface area contributed by atoms with Gasteiger partial charge in [0.25, 0.3) is 0 Å². The van der Waals surface area contributed by atoms with Gasteiger partial charge in [0.2, 0.25) is 53.2 Å². The number of rotatable bonds is 13. The van der Waals surface area contributed by atoms with Gasteiger partial charge in [0.1, 0.15) is 42.3 Å². The number of H-pyrrole nitrogens is 1. The first-order valence-corrected chi connectivity index (χ1v) is 27.7. The number of nitrogens with one attached hydrogen (secondary N) is 7. The van der Waals surface area contributed by atoms with Crippen LogP contribution in [0.15, 0.2) is 65.8 Å². The summed E-state index contributed by atoms with van der Waals surface area (Å²) in [5.41, 5.74) is 25.1. The number of amides is 9. The van der Waals surface area contributed by atoms with E-state index in [1.165, 1.54) is 9.80 Å². The Bertz CT molecular complexity index is 2560. The van der Waals surface area contributed by atoms with Crippen molar-refractivity contribution in [1.29, 1.82) is 0 Å². The van der Waals surface area contributed by atoms with Gasteiger partial charge in [-0.2, -0.15) is 0 Å². The highest BCUT2D eigenvalue weighted by atomic mass is 33.1. The van der Waals surface area contributed by atoms with E-state index in [0.717, 1.165) is 32.5 Å². The van der Waals surface area contributed by atoms with Gasteiger partial charge in [0.05, 0.1) is 12.6 Å². The van der Waals surface area contributed by atoms with E-state index in [1.807, 2.05) is 38.1 Å². The maximum atomic E-state index is 14.8. The van der Waals surface area contributed by atoms with Crippen molar-refractivity contribution in [2.24, 2.45) is 33.8 Å². The Labute approximate surface area is 443 Å². The number of primary amides is 1. The van der Waals surface area contributed by atoms with Crippen LogP contribution in [-0.4, -0.2) is 160 Å². The maximum absolute atomic E-state index is 14.8. The third-order valence-electron chi connectivity index (χ3n) is 13.2. The molecule has 4 heterocycles. The Balaban J connectivity index is 1.36. The Morgan fingerprint density at radius 1 is 0.707 bits per heavy atom. The second kappa shape index (κ2) is 27.6. The van der Waals surface area contributed by atoms with Gasteiger partial charge >= 0.3 is 0 Å². The number of hydrogen-bond donors (Lipinski definition) is 11. The molecule has 9 amide bonds. The minimum absolute atomic E-state index is 0.00293. The summed E-state index contributed by atoms with van der Waals surface area (Å²) in [7, 11) is 2.26. The van der Waals surface area contributed by atoms with Gasteiger partial charge in [-0.1, -0.05) is 84.0 Å². The molecule has 25 heteroatoms. The van der Waals surface area contributed by atoms with Crippen molar-refractivity contribution < 1.29 is 43.2 Å². The number of nitrogens with zero attached hydrogens (tertiary/aromatic N) is 3. The molecule has 406 valence electrons. The minimum atomic E-state index is -1.29. The number of nitrogens with two attached hydrogens (primary N) is 4. The molecule has 0 radical (unpaired) electrons. The molecule has 15 N–H and O–H groups in total. The third-order valence-corrected chi connectivity index (χ3v) is 15.6. The van der Waals surface area contributed by atoms with E-state index in [-0.39, 0.29) is 88.0 Å². The molecule has 0 unspecified atom stereocenters. The average molecular weight is 1080 g/mol. The number of hydrogen-bond acceptors (Lipinski definition) is 13. The molecule has 0 aliphatic carbocycles. The molecule has 0 spiro atoms. The molecule has 8 atom stereocenters. The highest BCUT2D eigenvalue weighted by Gasteiger charge is 2.42. The summed E-state index contributed by atoms with van der Waals surface area (Å²) < 4.78 is 0. The lowest BCUT2D eigenvalue weighted by molar-refractivity contribution is -0.143. The zero-order valence-corrected chi connectivity index (χ0v) is 43.9. The van der Waals surface area contributed by atoms with E-state index < -0.39 is 108 Å². The lowest BCUT2D eigenvalue weighted by Gasteiger charge is -2.32. The van der Waals surface area contributed by atoms with Crippen LogP contribution >= 0.6 is 21.6 Å². The minimum Gasteiger partial charge on any atom is -0.370 e. The van der Waals surface area contributed by atoms with Crippen LogP contribution in [0.4, 0.5) is 0 Å². The molecule has 3 aliphatic heterocycles. The molecule has 1 aromatic heterocycles. The summed E-state index contributed by atoms with van der Waals surface area (Å²) in [6, 6.07) is 6.94. The van der Waals surface area contributed by atoms with Crippen LogP contribution in [0.5, 0.6) is 0 Å². The monoisotopic (exact) mass is 1070 g/mol. The lowest BCUT2D eigenvalue weighted by Crippen LogP contribution is -2.60. The van der Waals surface area contributed by atoms with Crippen molar-refractivity contribution in [1.82, 2.24) is 46.7 Å². The molecular formula is C50H70N14O9S2. The fourth-order valence-corrected chi connectivity index (χ4v) is 11.7. The summed E-state index contributed by atoms with van der Waals surface area (Å²) in [5, 5.41) is 17.4. The van der Waals surface area contributed by atoms with E-state index in [2.05, 4.69) is 41.9 Å². The van der Waals surface area contributed by atoms with Gasteiger partial charge in [-0.3, -0.25) is 48.1 Å². The van der Waals surface area contributed by atoms with E-state index in [0.29, 0.717) is 24.0 Å². The summed E-state index contributed by atoms with van der Waals surface area (Å²) >= 11 is 0. The maximum Gasteiger partial charge on any atom is 0.245 e. The topological polar surface area (TPSA) is 365 Å². The largest absolute Gasteiger partial charge is 0.370 e. The van der Waals surface area contributed by atoms with E-state index in [9.17, 15) is 43.2 Å². The zero-order valence-electron chi connectivity index (χ0n) is 42.2. The molecular weight excluding hydrogens is 1000 g/mol. The predicted octanol–water partition coefficient (Wildman–Crippen LogP) is -1.22. The molecule has 0 saturated carbocycles. The summed E-state index contributed by atoms with van der Waals surface area (Å²) in [6.07, 6.45) is 3.54. The number of carbonyl (C=O) groups excluding carboxylic acids is 9. The van der Waals surface area contributed by atoms with Crippen molar-refractivity contribution in [3.05, 3.63) is 71.9 Å². The molecule has 3 aromatic rings. The van der Waals surface area contributed by atoms with Gasteiger partial charge in [-0.05, 0) is 68.1 Å². The molecule has 2 aromatic carbocycles. The third kappa shape index (κ3) is 16.3. The number of benzene rings is 2. The average Bonchev–Trinajstić information content (AvgIpc) is 4.17. The fourth-order valence-electron chi connectivity index (χ4n) is 9.42. The fraction of sp³-hybridized carbons (Fsp3) is 0.520. The highest BCUT2D eigenvalue weighted by Crippen LogP contribution is 2.27. The smallest absolute Gasteiger partial charge is 0.245 e. The Morgan fingerprint density at radius 3 is 1.95 bits per heavy atom. The van der Waals surface area contributed by atoms with Gasteiger partial charge in [-0.25, -0.2) is 0 Å². The number of para-hydroxylation sites is 1. The van der Waals surface area contributed by atoms with Crippen LogP contribution in [0.2, 0.25) is 0 Å². The van der Waals surface area contributed by atoms with Crippen molar-refractivity contribution >= 4 is 91.6 Å². The van der Waals surface area contributed by atoms with Gasteiger partial charge < -0.3 is 69.6 Å². The highest BCUT2D eigenvalue weighted by molar-refractivity contribution is 8.76. The van der Waals surface area contributed by atoms with Gasteiger partial charge in [-0.15, -0.1) is 0 Å². The number of aromatic amines is 1. The van der Waals surface area contributed by atoms with Crippen molar-refractivity contribution in [2.45, 2.75) is 120 Å². The molecule has 3 fully saturated rings. The summed E-state index contributed by atoms with van der Waals surface area (Å²) in [4.78, 5) is 136. The Morgan fingerprint density at radius 2 is 1.28 bits per heavy atom. The SMILES string of the molecule is CC(C)C[C@@H]1NC(=O)[C@H](Cc2ccccc2)NC(=O)[C@H](CCCN=C(N)N)NC(=O)[C@@H]2CCCN2C(=O)[C@@H](N)CSSC[C@@H](C(=O)NCC(N)=O)NC(=O)[C@H](Cc2c[nH]c3ccccc23)NC(=O)[C@@H]2CCCN2C1=O. The molecule has 0 bridgehead atoms. The normalized spacial score (nSPS) is 25.1. The zero-order chi connectivity index (χ0) is 54.2. The van der Waals surface area contributed by atoms with E-state index >= 15 is 0 Å². The first-order chi connectivity index (χ1) is 35.9. The standard InChI is InChI=1S/C50H70N14O9S2/c1-28(2)21-37-49(73)64-20-10-17-40(64)47(71)60-36(23-30-24-56-33-14-7-6-13-31(30)33)45(69)62-38(42(66)57-25-41(52)65)27-75-74-26-32(51)48(72)63-19-9-16-39(63)46(70)58-34(15-8-18-55-50(53)54)43(67)59-35(44(68)61-37)22-29-11-4-3-5-12-29/h3-7,11-14,24,28,32,34-40,56H,8-10,15-23,25-27,51H2,1-2H3,(H2,52,65)(H,57,66)(H,58,70)(H,59,67)(H,60,71)(H,61,68)(H,62,69)(H4,53,54,55)/t32-,34-,35-,36-,37-,38-,39-,40-/m0/s1. The van der Waals surface area contributed by atoms with Crippen LogP contribution in [0.1, 0.15) is 69.9 Å². The lowest BCUT2D eigenvalue weighted by atomic mass is 9.99. The molecule has 3 aliphatic rings. The van der Waals surface area contributed by atoms with Gasteiger partial charge in [0, 0.05) is 61.1 Å². The second-order valence-corrected chi connectivity index (χ2v) is 21.9. The predicted molar refractivity (Wildman–Crippen MR) is 286 cm³/mol. The summed E-state index contributed by atoms with van der Waals surface area (Å²) in [6.45, 7) is 3.73. The molecule has 23 nitrogen and oxygen atoms in total. The van der Waals surface area contributed by atoms with Crippen LogP contribution in [0.25, 0.3) is 10.9 Å². The number of fused-ring (bicyclic) bond motifs is 3. The molecule has 3 saturated heterocycles. The number of aromatic nitrogens is 1. The summed E-state index contributed by atoms with van der Waals surface area (Å²) in [5.74, 6) is -6.39. The first kappa shape index (κ1) is 57.4.